The van der Waals surface area contributed by atoms with E-state index in [1.807, 2.05) is 36.5 Å². The molecule has 19 heavy (non-hydrogen) atoms. The van der Waals surface area contributed by atoms with Gasteiger partial charge in [0.1, 0.15) is 0 Å². The summed E-state index contributed by atoms with van der Waals surface area (Å²) in [5.41, 5.74) is 9.06. The number of nitrogen functional groups attached to an aromatic ring is 1. The van der Waals surface area contributed by atoms with Crippen LogP contribution in [0.2, 0.25) is 0 Å². The van der Waals surface area contributed by atoms with Crippen LogP contribution in [0.25, 0.3) is 0 Å². The molecule has 0 radical (unpaired) electrons. The Hall–Kier alpha value is -1.87. The van der Waals surface area contributed by atoms with E-state index in [0.29, 0.717) is 0 Å². The predicted octanol–water partition coefficient (Wildman–Crippen LogP) is 2.73. The van der Waals surface area contributed by atoms with Gasteiger partial charge in [-0.05, 0) is 36.4 Å². The average Bonchev–Trinajstić information content (AvgIpc) is 2.44. The SMILES string of the molecule is CCN(CCc1ccccn1)Cc1cccc(N)c1. The van der Waals surface area contributed by atoms with Gasteiger partial charge in [-0.25, -0.2) is 0 Å². The summed E-state index contributed by atoms with van der Waals surface area (Å²) in [6.07, 6.45) is 2.83. The molecule has 3 nitrogen and oxygen atoms in total. The third-order valence-electron chi connectivity index (χ3n) is 3.21. The number of hydrogen-bond acceptors (Lipinski definition) is 3. The van der Waals surface area contributed by atoms with Crippen molar-refractivity contribution < 1.29 is 0 Å². The molecule has 0 fully saturated rings. The molecule has 0 unspecified atom stereocenters. The van der Waals surface area contributed by atoms with Crippen LogP contribution in [-0.4, -0.2) is 23.0 Å². The van der Waals surface area contributed by atoms with Crippen LogP contribution >= 0.6 is 0 Å². The zero-order chi connectivity index (χ0) is 13.5. The standard InChI is InChI=1S/C16H21N3/c1-2-19(11-9-16-8-3-4-10-18-16)13-14-6-5-7-15(17)12-14/h3-8,10,12H,2,9,11,13,17H2,1H3. The number of pyridine rings is 1. The minimum atomic E-state index is 0.832. The van der Waals surface area contributed by atoms with Gasteiger partial charge in [0, 0.05) is 37.1 Å². The van der Waals surface area contributed by atoms with E-state index < -0.39 is 0 Å². The molecule has 3 heteroatoms. The van der Waals surface area contributed by atoms with Gasteiger partial charge in [0.25, 0.3) is 0 Å². The highest BCUT2D eigenvalue weighted by molar-refractivity contribution is 5.40. The highest BCUT2D eigenvalue weighted by atomic mass is 15.1. The highest BCUT2D eigenvalue weighted by Gasteiger charge is 2.05. The molecule has 1 aromatic heterocycles. The van der Waals surface area contributed by atoms with Crippen LogP contribution < -0.4 is 5.73 Å². The lowest BCUT2D eigenvalue weighted by molar-refractivity contribution is 0.283. The Morgan fingerprint density at radius 1 is 1.16 bits per heavy atom. The maximum absolute atomic E-state index is 5.81. The molecule has 2 aromatic rings. The fraction of sp³-hybridized carbons (Fsp3) is 0.312. The highest BCUT2D eigenvalue weighted by Crippen LogP contribution is 2.10. The second kappa shape index (κ2) is 6.90. The van der Waals surface area contributed by atoms with Crippen LogP contribution in [0.4, 0.5) is 5.69 Å². The molecule has 0 spiro atoms. The van der Waals surface area contributed by atoms with Gasteiger partial charge in [0.15, 0.2) is 0 Å². The van der Waals surface area contributed by atoms with Gasteiger partial charge >= 0.3 is 0 Å². The molecule has 100 valence electrons. The minimum absolute atomic E-state index is 0.832. The first-order valence-corrected chi connectivity index (χ1v) is 6.74. The van der Waals surface area contributed by atoms with Crippen LogP contribution in [-0.2, 0) is 13.0 Å². The molecule has 2 N–H and O–H groups in total. The van der Waals surface area contributed by atoms with E-state index in [-0.39, 0.29) is 0 Å². The molecular weight excluding hydrogens is 234 g/mol. The molecule has 0 aliphatic rings. The molecule has 1 heterocycles. The van der Waals surface area contributed by atoms with E-state index in [2.05, 4.69) is 28.9 Å². The number of benzene rings is 1. The van der Waals surface area contributed by atoms with Gasteiger partial charge in [-0.15, -0.1) is 0 Å². The van der Waals surface area contributed by atoms with Gasteiger partial charge in [0.05, 0.1) is 0 Å². The van der Waals surface area contributed by atoms with Crippen molar-refractivity contribution in [3.8, 4) is 0 Å². The number of nitrogens with two attached hydrogens (primary N) is 1. The fourth-order valence-corrected chi connectivity index (χ4v) is 2.12. The number of rotatable bonds is 6. The van der Waals surface area contributed by atoms with Crippen molar-refractivity contribution >= 4 is 5.69 Å². The van der Waals surface area contributed by atoms with Crippen LogP contribution in [0.1, 0.15) is 18.2 Å². The van der Waals surface area contributed by atoms with Crippen molar-refractivity contribution in [3.05, 3.63) is 59.9 Å². The molecule has 0 saturated carbocycles. The topological polar surface area (TPSA) is 42.2 Å². The molecule has 0 saturated heterocycles. The van der Waals surface area contributed by atoms with E-state index in [1.54, 1.807) is 0 Å². The first kappa shape index (κ1) is 13.6. The summed E-state index contributed by atoms with van der Waals surface area (Å²) in [7, 11) is 0. The molecule has 0 amide bonds. The number of aromatic nitrogens is 1. The Morgan fingerprint density at radius 2 is 2.05 bits per heavy atom. The lowest BCUT2D eigenvalue weighted by Gasteiger charge is -2.20. The molecule has 0 aliphatic heterocycles. The van der Waals surface area contributed by atoms with Crippen LogP contribution in [0.5, 0.6) is 0 Å². The molecular formula is C16H21N3. The second-order valence-electron chi connectivity index (χ2n) is 4.68. The summed E-state index contributed by atoms with van der Waals surface area (Å²) in [6, 6.07) is 14.2. The van der Waals surface area contributed by atoms with Crippen molar-refractivity contribution in [2.24, 2.45) is 0 Å². The fourth-order valence-electron chi connectivity index (χ4n) is 2.12. The van der Waals surface area contributed by atoms with E-state index >= 15 is 0 Å². The third-order valence-corrected chi connectivity index (χ3v) is 3.21. The normalized spacial score (nSPS) is 10.8. The van der Waals surface area contributed by atoms with Crippen LogP contribution in [0.3, 0.4) is 0 Å². The Morgan fingerprint density at radius 3 is 2.74 bits per heavy atom. The second-order valence-corrected chi connectivity index (χ2v) is 4.68. The molecule has 0 atom stereocenters. The summed E-state index contributed by atoms with van der Waals surface area (Å²) in [4.78, 5) is 6.77. The maximum atomic E-state index is 5.81. The summed E-state index contributed by atoms with van der Waals surface area (Å²) < 4.78 is 0. The maximum Gasteiger partial charge on any atom is 0.0416 e. The lowest BCUT2D eigenvalue weighted by Crippen LogP contribution is -2.25. The predicted molar refractivity (Wildman–Crippen MR) is 79.7 cm³/mol. The Kier molecular flexibility index (Phi) is 4.93. The minimum Gasteiger partial charge on any atom is -0.399 e. The first-order valence-electron chi connectivity index (χ1n) is 6.74. The largest absolute Gasteiger partial charge is 0.399 e. The summed E-state index contributed by atoms with van der Waals surface area (Å²) in [6.45, 7) is 5.17. The average molecular weight is 255 g/mol. The van der Waals surface area contributed by atoms with E-state index in [1.165, 1.54) is 5.56 Å². The monoisotopic (exact) mass is 255 g/mol. The molecule has 2 rings (SSSR count). The lowest BCUT2D eigenvalue weighted by atomic mass is 10.2. The zero-order valence-electron chi connectivity index (χ0n) is 11.4. The first-order chi connectivity index (χ1) is 9.28. The molecule has 0 bridgehead atoms. The molecule has 0 aliphatic carbocycles. The molecule has 1 aromatic carbocycles. The summed E-state index contributed by atoms with van der Waals surface area (Å²) in [5, 5.41) is 0. The van der Waals surface area contributed by atoms with Crippen molar-refractivity contribution in [2.75, 3.05) is 18.8 Å². The van der Waals surface area contributed by atoms with E-state index in [0.717, 1.165) is 37.4 Å². The zero-order valence-corrected chi connectivity index (χ0v) is 11.4. The number of likely N-dealkylation sites (N-methyl/N-ethyl adjacent to an activating group) is 1. The Balaban J connectivity index is 1.90. The van der Waals surface area contributed by atoms with Crippen LogP contribution in [0, 0.1) is 0 Å². The summed E-state index contributed by atoms with van der Waals surface area (Å²) in [5.74, 6) is 0. The van der Waals surface area contributed by atoms with Gasteiger partial charge in [-0.1, -0.05) is 25.1 Å². The number of hydrogen-bond donors (Lipinski definition) is 1. The number of anilines is 1. The van der Waals surface area contributed by atoms with Gasteiger partial charge in [0.2, 0.25) is 0 Å². The van der Waals surface area contributed by atoms with E-state index in [9.17, 15) is 0 Å². The van der Waals surface area contributed by atoms with Crippen molar-refractivity contribution in [2.45, 2.75) is 19.9 Å². The van der Waals surface area contributed by atoms with Crippen molar-refractivity contribution in [3.63, 3.8) is 0 Å². The van der Waals surface area contributed by atoms with Gasteiger partial charge in [-0.3, -0.25) is 9.88 Å². The number of nitrogens with zero attached hydrogens (tertiary/aromatic N) is 2. The Bertz CT molecular complexity index is 496. The van der Waals surface area contributed by atoms with Crippen molar-refractivity contribution in [1.29, 1.82) is 0 Å². The van der Waals surface area contributed by atoms with Gasteiger partial charge in [-0.2, -0.15) is 0 Å². The summed E-state index contributed by atoms with van der Waals surface area (Å²) >= 11 is 0. The quantitative estimate of drug-likeness (QED) is 0.807. The van der Waals surface area contributed by atoms with Crippen molar-refractivity contribution in [1.82, 2.24) is 9.88 Å². The Labute approximate surface area is 115 Å². The van der Waals surface area contributed by atoms with Gasteiger partial charge < -0.3 is 5.73 Å². The smallest absolute Gasteiger partial charge is 0.0416 e. The van der Waals surface area contributed by atoms with E-state index in [4.69, 9.17) is 5.73 Å². The van der Waals surface area contributed by atoms with Crippen LogP contribution in [0.15, 0.2) is 48.7 Å². The third kappa shape index (κ3) is 4.38.